The second kappa shape index (κ2) is 10.6. The molecule has 0 spiro atoms. The molecule has 1 N–H and O–H groups in total. The van der Waals surface area contributed by atoms with E-state index < -0.39 is 5.83 Å². The van der Waals surface area contributed by atoms with Crippen molar-refractivity contribution < 1.29 is 4.39 Å². The molecule has 120 valence electrons. The Morgan fingerprint density at radius 3 is 2.32 bits per heavy atom. The third-order valence-corrected chi connectivity index (χ3v) is 3.16. The van der Waals surface area contributed by atoms with Crippen molar-refractivity contribution in [3.05, 3.63) is 72.3 Å². The van der Waals surface area contributed by atoms with Gasteiger partial charge in [0.05, 0.1) is 0 Å². The van der Waals surface area contributed by atoms with Crippen LogP contribution in [0, 0.1) is 0 Å². The lowest BCUT2D eigenvalue weighted by Crippen LogP contribution is -2.15. The maximum atomic E-state index is 12.7. The summed E-state index contributed by atoms with van der Waals surface area (Å²) < 4.78 is 12.7. The van der Waals surface area contributed by atoms with Gasteiger partial charge in [-0.1, -0.05) is 43.5 Å². The summed E-state index contributed by atoms with van der Waals surface area (Å²) in [5, 5.41) is 3.16. The topological polar surface area (TPSA) is 24.4 Å². The van der Waals surface area contributed by atoms with Gasteiger partial charge in [0.25, 0.3) is 0 Å². The quantitative estimate of drug-likeness (QED) is 0.467. The van der Waals surface area contributed by atoms with Crippen LogP contribution in [0.3, 0.4) is 0 Å². The van der Waals surface area contributed by atoms with Crippen molar-refractivity contribution >= 4 is 5.71 Å². The SMILES string of the molecule is C=C/C(=C\C(=C)F)CNC(=C)C/C(C)=C/C=C(C)/C(C)=N/C. The van der Waals surface area contributed by atoms with Crippen LogP contribution in [-0.4, -0.2) is 19.3 Å². The van der Waals surface area contributed by atoms with Gasteiger partial charge in [-0.2, -0.15) is 0 Å². The van der Waals surface area contributed by atoms with Gasteiger partial charge in [0, 0.05) is 31.4 Å². The Bertz CT molecular complexity index is 546. The highest BCUT2D eigenvalue weighted by atomic mass is 19.1. The van der Waals surface area contributed by atoms with E-state index in [1.165, 1.54) is 11.6 Å². The molecular weight excluding hydrogens is 275 g/mol. The van der Waals surface area contributed by atoms with Crippen LogP contribution in [-0.2, 0) is 0 Å². The van der Waals surface area contributed by atoms with E-state index in [0.717, 1.165) is 29.0 Å². The minimum absolute atomic E-state index is 0.480. The summed E-state index contributed by atoms with van der Waals surface area (Å²) in [6, 6.07) is 0. The smallest absolute Gasteiger partial charge is 0.116 e. The molecule has 22 heavy (non-hydrogen) atoms. The predicted molar refractivity (Wildman–Crippen MR) is 96.8 cm³/mol. The number of rotatable bonds is 9. The minimum Gasteiger partial charge on any atom is -0.384 e. The minimum atomic E-state index is -0.480. The third kappa shape index (κ3) is 8.90. The van der Waals surface area contributed by atoms with E-state index in [2.05, 4.69) is 36.1 Å². The standard InChI is InChI=1S/C19H27FN2/c1-8-19(12-16(4)20)13-22-17(5)11-14(2)9-10-15(3)18(6)21-7/h8-10,12,22H,1,4-5,11,13H2,2-3,6-7H3/b14-9+,15-10+,19-12+,21-18+. The summed E-state index contributed by atoms with van der Waals surface area (Å²) in [6.07, 6.45) is 7.80. The maximum Gasteiger partial charge on any atom is 0.116 e. The average Bonchev–Trinajstić information content (AvgIpc) is 2.47. The van der Waals surface area contributed by atoms with Crippen molar-refractivity contribution in [1.29, 1.82) is 0 Å². The number of allylic oxidation sites excluding steroid dienone is 6. The van der Waals surface area contributed by atoms with Crippen LogP contribution in [0.2, 0.25) is 0 Å². The zero-order valence-electron chi connectivity index (χ0n) is 14.2. The van der Waals surface area contributed by atoms with E-state index in [0.29, 0.717) is 6.54 Å². The van der Waals surface area contributed by atoms with Gasteiger partial charge in [0.1, 0.15) is 5.83 Å². The lowest BCUT2D eigenvalue weighted by molar-refractivity contribution is 0.668. The van der Waals surface area contributed by atoms with Crippen LogP contribution in [0.25, 0.3) is 0 Å². The van der Waals surface area contributed by atoms with Crippen molar-refractivity contribution in [1.82, 2.24) is 5.32 Å². The van der Waals surface area contributed by atoms with Crippen LogP contribution < -0.4 is 5.32 Å². The van der Waals surface area contributed by atoms with Gasteiger partial charge in [0.2, 0.25) is 0 Å². The van der Waals surface area contributed by atoms with Crippen LogP contribution in [0.1, 0.15) is 27.2 Å². The highest BCUT2D eigenvalue weighted by Crippen LogP contribution is 2.09. The average molecular weight is 302 g/mol. The molecule has 0 aromatic heterocycles. The second-order valence-corrected chi connectivity index (χ2v) is 5.18. The normalized spacial score (nSPS) is 13.9. The first-order valence-electron chi connectivity index (χ1n) is 7.17. The molecule has 0 heterocycles. The van der Waals surface area contributed by atoms with E-state index in [1.54, 1.807) is 13.1 Å². The van der Waals surface area contributed by atoms with Gasteiger partial charge in [-0.3, -0.25) is 4.99 Å². The van der Waals surface area contributed by atoms with E-state index >= 15 is 0 Å². The fourth-order valence-electron chi connectivity index (χ4n) is 1.63. The Morgan fingerprint density at radius 2 is 1.82 bits per heavy atom. The fraction of sp³-hybridized carbons (Fsp3) is 0.316. The number of halogens is 1. The number of aliphatic imine (C=N–C) groups is 1. The van der Waals surface area contributed by atoms with E-state index in [1.807, 2.05) is 26.8 Å². The molecule has 0 unspecified atom stereocenters. The molecule has 0 saturated carbocycles. The molecule has 0 fully saturated rings. The summed E-state index contributed by atoms with van der Waals surface area (Å²) in [6.45, 7) is 17.4. The van der Waals surface area contributed by atoms with Gasteiger partial charge in [0.15, 0.2) is 0 Å². The van der Waals surface area contributed by atoms with Crippen LogP contribution in [0.15, 0.2) is 77.3 Å². The maximum absolute atomic E-state index is 12.7. The number of nitrogens with one attached hydrogen (secondary N) is 1. The molecular formula is C19H27FN2. The summed E-state index contributed by atoms with van der Waals surface area (Å²) in [5.41, 5.74) is 4.95. The first kappa shape index (κ1) is 19.8. The van der Waals surface area contributed by atoms with Gasteiger partial charge in [-0.05, 0) is 38.0 Å². The van der Waals surface area contributed by atoms with E-state index in [4.69, 9.17) is 0 Å². The molecule has 0 aromatic rings. The Morgan fingerprint density at radius 1 is 1.18 bits per heavy atom. The first-order chi connectivity index (χ1) is 10.3. The van der Waals surface area contributed by atoms with Crippen molar-refractivity contribution in [3.8, 4) is 0 Å². The largest absolute Gasteiger partial charge is 0.384 e. The first-order valence-corrected chi connectivity index (χ1v) is 7.17. The molecule has 0 atom stereocenters. The van der Waals surface area contributed by atoms with Gasteiger partial charge in [-0.25, -0.2) is 4.39 Å². The van der Waals surface area contributed by atoms with Gasteiger partial charge in [-0.15, -0.1) is 0 Å². The van der Waals surface area contributed by atoms with Crippen LogP contribution in [0.5, 0.6) is 0 Å². The highest BCUT2D eigenvalue weighted by molar-refractivity contribution is 5.97. The molecule has 0 aliphatic heterocycles. The summed E-state index contributed by atoms with van der Waals surface area (Å²) in [7, 11) is 1.78. The monoisotopic (exact) mass is 302 g/mol. The Hall–Kier alpha value is -2.16. The van der Waals surface area contributed by atoms with E-state index in [-0.39, 0.29) is 0 Å². The molecule has 0 rings (SSSR count). The second-order valence-electron chi connectivity index (χ2n) is 5.18. The summed E-state index contributed by atoms with van der Waals surface area (Å²) in [5.74, 6) is -0.480. The van der Waals surface area contributed by atoms with Gasteiger partial charge >= 0.3 is 0 Å². The third-order valence-electron chi connectivity index (χ3n) is 3.16. The molecule has 0 aliphatic carbocycles. The molecule has 0 saturated heterocycles. The van der Waals surface area contributed by atoms with Gasteiger partial charge < -0.3 is 5.32 Å². The van der Waals surface area contributed by atoms with Crippen LogP contribution in [0.4, 0.5) is 4.39 Å². The lowest BCUT2D eigenvalue weighted by atomic mass is 10.1. The van der Waals surface area contributed by atoms with Crippen molar-refractivity contribution in [3.63, 3.8) is 0 Å². The van der Waals surface area contributed by atoms with Crippen molar-refractivity contribution in [2.45, 2.75) is 27.2 Å². The fourth-order valence-corrected chi connectivity index (χ4v) is 1.63. The Kier molecular flexibility index (Phi) is 9.51. The molecule has 2 nitrogen and oxygen atoms in total. The van der Waals surface area contributed by atoms with Crippen molar-refractivity contribution in [2.75, 3.05) is 13.6 Å². The van der Waals surface area contributed by atoms with Crippen molar-refractivity contribution in [2.24, 2.45) is 4.99 Å². The summed E-state index contributed by atoms with van der Waals surface area (Å²) in [4.78, 5) is 4.14. The molecule has 3 heteroatoms. The number of hydrogen-bond acceptors (Lipinski definition) is 2. The molecule has 0 bridgehead atoms. The molecule has 0 aromatic carbocycles. The predicted octanol–water partition coefficient (Wildman–Crippen LogP) is 5.06. The Balaban J connectivity index is 4.55. The number of nitrogens with zero attached hydrogens (tertiary/aromatic N) is 1. The number of hydrogen-bond donors (Lipinski definition) is 1. The van der Waals surface area contributed by atoms with Crippen LogP contribution >= 0.6 is 0 Å². The zero-order valence-corrected chi connectivity index (χ0v) is 14.2. The molecule has 0 radical (unpaired) electrons. The molecule has 0 aliphatic rings. The lowest BCUT2D eigenvalue weighted by Gasteiger charge is -2.10. The Labute approximate surface area is 134 Å². The highest BCUT2D eigenvalue weighted by Gasteiger charge is 1.98. The summed E-state index contributed by atoms with van der Waals surface area (Å²) >= 11 is 0. The van der Waals surface area contributed by atoms with E-state index in [9.17, 15) is 4.39 Å². The molecule has 0 amide bonds. The zero-order chi connectivity index (χ0) is 17.1.